The minimum atomic E-state index is -0.357. The molecule has 166 valence electrons. The van der Waals surface area contributed by atoms with Crippen LogP contribution in [0.15, 0.2) is 59.2 Å². The Hall–Kier alpha value is -3.74. The average Bonchev–Trinajstić information content (AvgIpc) is 3.52. The molecule has 1 unspecified atom stereocenters. The van der Waals surface area contributed by atoms with E-state index in [1.54, 1.807) is 38.5 Å². The molecule has 7 nitrogen and oxygen atoms in total. The Kier molecular flexibility index (Phi) is 6.16. The Morgan fingerprint density at radius 3 is 2.66 bits per heavy atom. The fourth-order valence-electron chi connectivity index (χ4n) is 4.07. The number of hydrogen-bond donors (Lipinski definition) is 1. The number of carbonyl (C=O) groups is 2. The highest BCUT2D eigenvalue weighted by molar-refractivity contribution is 6.04. The summed E-state index contributed by atoms with van der Waals surface area (Å²) in [6.07, 6.45) is 3.20. The molecule has 1 aliphatic heterocycles. The summed E-state index contributed by atoms with van der Waals surface area (Å²) in [6.45, 7) is 2.54. The number of amides is 2. The van der Waals surface area contributed by atoms with Crippen molar-refractivity contribution in [2.24, 2.45) is 0 Å². The summed E-state index contributed by atoms with van der Waals surface area (Å²) in [5.41, 5.74) is 2.91. The van der Waals surface area contributed by atoms with Crippen molar-refractivity contribution in [1.82, 2.24) is 4.90 Å². The first-order chi connectivity index (χ1) is 15.5. The molecule has 2 aromatic carbocycles. The summed E-state index contributed by atoms with van der Waals surface area (Å²) >= 11 is 0. The third-order valence-electron chi connectivity index (χ3n) is 5.79. The van der Waals surface area contributed by atoms with Gasteiger partial charge in [0, 0.05) is 29.4 Å². The molecule has 0 aliphatic carbocycles. The van der Waals surface area contributed by atoms with Crippen LogP contribution in [-0.2, 0) is 0 Å². The van der Waals surface area contributed by atoms with Gasteiger partial charge in [-0.25, -0.2) is 0 Å². The number of benzene rings is 2. The van der Waals surface area contributed by atoms with E-state index in [9.17, 15) is 9.59 Å². The first kappa shape index (κ1) is 21.5. The van der Waals surface area contributed by atoms with Crippen LogP contribution in [0.25, 0.3) is 0 Å². The molecule has 3 aromatic rings. The number of anilines is 1. The van der Waals surface area contributed by atoms with Crippen molar-refractivity contribution in [3.8, 4) is 11.5 Å². The van der Waals surface area contributed by atoms with Gasteiger partial charge in [0.25, 0.3) is 11.8 Å². The van der Waals surface area contributed by atoms with Gasteiger partial charge in [-0.15, -0.1) is 0 Å². The van der Waals surface area contributed by atoms with E-state index in [-0.39, 0.29) is 23.6 Å². The van der Waals surface area contributed by atoms with Gasteiger partial charge >= 0.3 is 0 Å². The molecule has 1 fully saturated rings. The van der Waals surface area contributed by atoms with Crippen LogP contribution >= 0.6 is 0 Å². The maximum atomic E-state index is 13.5. The van der Waals surface area contributed by atoms with Crippen LogP contribution in [0.1, 0.15) is 50.9 Å². The zero-order valence-corrected chi connectivity index (χ0v) is 18.4. The van der Waals surface area contributed by atoms with Crippen molar-refractivity contribution in [3.05, 3.63) is 77.2 Å². The number of aryl methyl sites for hydroxylation is 1. The number of carbonyl (C=O) groups excluding carboxylic acids is 2. The van der Waals surface area contributed by atoms with Crippen LogP contribution < -0.4 is 14.8 Å². The highest BCUT2D eigenvalue weighted by Crippen LogP contribution is 2.39. The number of nitrogens with one attached hydrogen (secondary N) is 1. The number of nitrogens with zero attached hydrogens (tertiary/aromatic N) is 1. The van der Waals surface area contributed by atoms with Crippen molar-refractivity contribution >= 4 is 17.5 Å². The van der Waals surface area contributed by atoms with Crippen LogP contribution in [0.3, 0.4) is 0 Å². The van der Waals surface area contributed by atoms with Crippen molar-refractivity contribution < 1.29 is 23.5 Å². The fourth-order valence-corrected chi connectivity index (χ4v) is 4.07. The normalized spacial score (nSPS) is 15.5. The van der Waals surface area contributed by atoms with E-state index in [1.165, 1.54) is 6.26 Å². The molecule has 2 heterocycles. The zero-order valence-electron chi connectivity index (χ0n) is 18.4. The van der Waals surface area contributed by atoms with Gasteiger partial charge in [-0.05, 0) is 61.7 Å². The molecule has 1 saturated heterocycles. The summed E-state index contributed by atoms with van der Waals surface area (Å²) in [5, 5.41) is 2.83. The van der Waals surface area contributed by atoms with E-state index >= 15 is 0 Å². The maximum Gasteiger partial charge on any atom is 0.291 e. The molecule has 1 N–H and O–H groups in total. The monoisotopic (exact) mass is 434 g/mol. The second kappa shape index (κ2) is 9.18. The number of ether oxygens (including phenoxy) is 2. The van der Waals surface area contributed by atoms with Crippen LogP contribution in [0, 0.1) is 6.92 Å². The van der Waals surface area contributed by atoms with E-state index in [4.69, 9.17) is 13.9 Å². The van der Waals surface area contributed by atoms with E-state index in [2.05, 4.69) is 5.32 Å². The minimum absolute atomic E-state index is 0.0844. The molecular weight excluding hydrogens is 408 g/mol. The van der Waals surface area contributed by atoms with Gasteiger partial charge in [-0.1, -0.05) is 6.07 Å². The van der Waals surface area contributed by atoms with Gasteiger partial charge in [0.2, 0.25) is 0 Å². The lowest BCUT2D eigenvalue weighted by Crippen LogP contribution is -2.31. The summed E-state index contributed by atoms with van der Waals surface area (Å²) in [6, 6.07) is 14.2. The molecule has 1 aliphatic rings. The van der Waals surface area contributed by atoms with E-state index in [0.29, 0.717) is 29.3 Å². The largest absolute Gasteiger partial charge is 0.497 e. The number of likely N-dealkylation sites (tertiary alicyclic amines) is 1. The minimum Gasteiger partial charge on any atom is -0.497 e. The molecule has 4 rings (SSSR count). The standard InChI is InChI=1S/C25H26N2O5/c1-16-8-9-17(14-20(16)26-24(28)22-7-5-13-32-22)25(29)27-12-4-6-21(27)19-11-10-18(30-2)15-23(19)31-3/h5,7-11,13-15,21H,4,6,12H2,1-3H3,(H,26,28). The molecule has 0 radical (unpaired) electrons. The highest BCUT2D eigenvalue weighted by atomic mass is 16.5. The lowest BCUT2D eigenvalue weighted by molar-refractivity contribution is 0.0734. The van der Waals surface area contributed by atoms with Crippen LogP contribution in [0.5, 0.6) is 11.5 Å². The third-order valence-corrected chi connectivity index (χ3v) is 5.79. The van der Waals surface area contributed by atoms with Gasteiger partial charge in [-0.3, -0.25) is 9.59 Å². The van der Waals surface area contributed by atoms with Crippen molar-refractivity contribution in [2.75, 3.05) is 26.1 Å². The van der Waals surface area contributed by atoms with E-state index in [1.807, 2.05) is 36.1 Å². The maximum absolute atomic E-state index is 13.5. The molecule has 7 heteroatoms. The topological polar surface area (TPSA) is 81.0 Å². The van der Waals surface area contributed by atoms with Crippen LogP contribution in [0.2, 0.25) is 0 Å². The smallest absolute Gasteiger partial charge is 0.291 e. The molecule has 0 bridgehead atoms. The zero-order chi connectivity index (χ0) is 22.7. The number of methoxy groups -OCH3 is 2. The summed E-state index contributed by atoms with van der Waals surface area (Å²) in [7, 11) is 3.23. The molecule has 0 saturated carbocycles. The van der Waals surface area contributed by atoms with Gasteiger partial charge in [-0.2, -0.15) is 0 Å². The van der Waals surface area contributed by atoms with Crippen molar-refractivity contribution in [2.45, 2.75) is 25.8 Å². The molecule has 2 amide bonds. The first-order valence-corrected chi connectivity index (χ1v) is 10.5. The van der Waals surface area contributed by atoms with E-state index in [0.717, 1.165) is 24.0 Å². The van der Waals surface area contributed by atoms with Gasteiger partial charge < -0.3 is 24.1 Å². The predicted molar refractivity (Wildman–Crippen MR) is 120 cm³/mol. The summed E-state index contributed by atoms with van der Waals surface area (Å²) < 4.78 is 16.0. The third kappa shape index (κ3) is 4.19. The van der Waals surface area contributed by atoms with Gasteiger partial charge in [0.1, 0.15) is 11.5 Å². The Bertz CT molecular complexity index is 1120. The van der Waals surface area contributed by atoms with E-state index < -0.39 is 0 Å². The first-order valence-electron chi connectivity index (χ1n) is 10.5. The summed E-state index contributed by atoms with van der Waals surface area (Å²) in [4.78, 5) is 27.7. The second-order valence-electron chi connectivity index (χ2n) is 7.73. The molecular formula is C25H26N2O5. The Morgan fingerprint density at radius 1 is 1.09 bits per heavy atom. The molecule has 1 atom stereocenters. The Morgan fingerprint density at radius 2 is 1.94 bits per heavy atom. The number of rotatable bonds is 6. The quantitative estimate of drug-likeness (QED) is 0.601. The van der Waals surface area contributed by atoms with Crippen LogP contribution in [0.4, 0.5) is 5.69 Å². The highest BCUT2D eigenvalue weighted by Gasteiger charge is 2.32. The van der Waals surface area contributed by atoms with Crippen LogP contribution in [-0.4, -0.2) is 37.5 Å². The second-order valence-corrected chi connectivity index (χ2v) is 7.73. The SMILES string of the molecule is COc1ccc(C2CCCN2C(=O)c2ccc(C)c(NC(=O)c3ccco3)c2)c(OC)c1. The number of furan rings is 1. The summed E-state index contributed by atoms with van der Waals surface area (Å²) in [5.74, 6) is 1.18. The number of hydrogen-bond acceptors (Lipinski definition) is 5. The van der Waals surface area contributed by atoms with Crippen molar-refractivity contribution in [3.63, 3.8) is 0 Å². The lowest BCUT2D eigenvalue weighted by Gasteiger charge is -2.27. The van der Waals surface area contributed by atoms with Gasteiger partial charge in [0.05, 0.1) is 26.5 Å². The lowest BCUT2D eigenvalue weighted by atomic mass is 10.0. The van der Waals surface area contributed by atoms with Crippen molar-refractivity contribution in [1.29, 1.82) is 0 Å². The fraction of sp³-hybridized carbons (Fsp3) is 0.280. The average molecular weight is 434 g/mol. The van der Waals surface area contributed by atoms with Gasteiger partial charge in [0.15, 0.2) is 5.76 Å². The molecule has 1 aromatic heterocycles. The Balaban J connectivity index is 1.59. The predicted octanol–water partition coefficient (Wildman–Crippen LogP) is 4.83. The Labute approximate surface area is 186 Å². The molecule has 0 spiro atoms. The molecule has 32 heavy (non-hydrogen) atoms.